The van der Waals surface area contributed by atoms with Crippen LogP contribution in [0.1, 0.15) is 26.3 Å². The second-order valence-electron chi connectivity index (χ2n) is 8.83. The SMILES string of the molecule is CC(C)(C)Oc1ccc(C[P+](c2ccccc2)(c2ccccc2)c2ccccc2)cc1. The van der Waals surface area contributed by atoms with Crippen molar-refractivity contribution in [2.24, 2.45) is 0 Å². The lowest BCUT2D eigenvalue weighted by Gasteiger charge is -2.28. The molecule has 0 unspecified atom stereocenters. The Labute approximate surface area is 187 Å². The van der Waals surface area contributed by atoms with E-state index in [1.165, 1.54) is 21.5 Å². The Morgan fingerprint density at radius 1 is 0.548 bits per heavy atom. The van der Waals surface area contributed by atoms with Gasteiger partial charge in [0, 0.05) is 0 Å². The first-order chi connectivity index (χ1) is 15.0. The molecule has 0 saturated carbocycles. The van der Waals surface area contributed by atoms with E-state index in [4.69, 9.17) is 4.74 Å². The van der Waals surface area contributed by atoms with Crippen LogP contribution in [0.4, 0.5) is 0 Å². The van der Waals surface area contributed by atoms with Crippen molar-refractivity contribution in [3.05, 3.63) is 121 Å². The Hall–Kier alpha value is -2.89. The predicted molar refractivity (Wildman–Crippen MR) is 136 cm³/mol. The van der Waals surface area contributed by atoms with Gasteiger partial charge in [-0.3, -0.25) is 0 Å². The maximum absolute atomic E-state index is 6.05. The van der Waals surface area contributed by atoms with E-state index in [0.717, 1.165) is 11.9 Å². The highest BCUT2D eigenvalue weighted by atomic mass is 31.2. The fourth-order valence-electron chi connectivity index (χ4n) is 4.06. The summed E-state index contributed by atoms with van der Waals surface area (Å²) in [6.45, 7) is 6.24. The summed E-state index contributed by atoms with van der Waals surface area (Å²) < 4.78 is 6.05. The van der Waals surface area contributed by atoms with Gasteiger partial charge >= 0.3 is 0 Å². The van der Waals surface area contributed by atoms with Crippen LogP contribution in [0.3, 0.4) is 0 Å². The Morgan fingerprint density at radius 2 is 0.935 bits per heavy atom. The van der Waals surface area contributed by atoms with E-state index < -0.39 is 7.26 Å². The largest absolute Gasteiger partial charge is 0.488 e. The van der Waals surface area contributed by atoms with Gasteiger partial charge in [0.25, 0.3) is 0 Å². The van der Waals surface area contributed by atoms with Gasteiger partial charge in [-0.05, 0) is 74.9 Å². The topological polar surface area (TPSA) is 9.23 Å². The van der Waals surface area contributed by atoms with Crippen molar-refractivity contribution < 1.29 is 4.74 Å². The minimum atomic E-state index is -1.87. The normalized spacial score (nSPS) is 11.8. The van der Waals surface area contributed by atoms with Crippen molar-refractivity contribution in [2.45, 2.75) is 32.5 Å². The van der Waals surface area contributed by atoms with E-state index in [1.54, 1.807) is 0 Å². The smallest absolute Gasteiger partial charge is 0.120 e. The second kappa shape index (κ2) is 9.08. The second-order valence-corrected chi connectivity index (χ2v) is 12.3. The predicted octanol–water partition coefficient (Wildman–Crippen LogP) is 6.36. The van der Waals surface area contributed by atoms with Crippen molar-refractivity contribution in [3.63, 3.8) is 0 Å². The third-order valence-corrected chi connectivity index (χ3v) is 9.74. The van der Waals surface area contributed by atoms with Gasteiger partial charge in [-0.15, -0.1) is 0 Å². The Balaban J connectivity index is 1.85. The Kier molecular flexibility index (Phi) is 6.25. The minimum absolute atomic E-state index is 0.198. The molecular formula is C29H30OP+. The molecule has 0 amide bonds. The molecule has 4 aromatic rings. The highest BCUT2D eigenvalue weighted by Crippen LogP contribution is 2.58. The molecule has 0 radical (unpaired) electrons. The number of hydrogen-bond acceptors (Lipinski definition) is 1. The lowest BCUT2D eigenvalue weighted by molar-refractivity contribution is 0.131. The number of ether oxygens (including phenoxy) is 1. The zero-order valence-electron chi connectivity index (χ0n) is 18.5. The van der Waals surface area contributed by atoms with Gasteiger partial charge in [-0.2, -0.15) is 0 Å². The van der Waals surface area contributed by atoms with Crippen LogP contribution in [0, 0.1) is 0 Å². The molecule has 1 nitrogen and oxygen atoms in total. The zero-order chi connectivity index (χ0) is 21.7. The van der Waals surface area contributed by atoms with Crippen molar-refractivity contribution in [1.29, 1.82) is 0 Å². The van der Waals surface area contributed by atoms with E-state index in [9.17, 15) is 0 Å². The summed E-state index contributed by atoms with van der Waals surface area (Å²) in [5.74, 6) is 0.916. The third-order valence-electron chi connectivity index (χ3n) is 5.36. The Bertz CT molecular complexity index is 986. The van der Waals surface area contributed by atoms with Gasteiger partial charge in [-0.1, -0.05) is 66.7 Å². The van der Waals surface area contributed by atoms with E-state index in [1.807, 2.05) is 0 Å². The zero-order valence-corrected chi connectivity index (χ0v) is 19.4. The first kappa shape index (κ1) is 21.3. The molecular weight excluding hydrogens is 395 g/mol. The molecule has 0 aliphatic heterocycles. The van der Waals surface area contributed by atoms with Crippen molar-refractivity contribution in [2.75, 3.05) is 0 Å². The molecule has 31 heavy (non-hydrogen) atoms. The van der Waals surface area contributed by atoms with Crippen LogP contribution in [-0.2, 0) is 6.16 Å². The molecule has 4 rings (SSSR count). The van der Waals surface area contributed by atoms with Gasteiger partial charge in [0.2, 0.25) is 0 Å². The maximum Gasteiger partial charge on any atom is 0.120 e. The molecule has 0 atom stereocenters. The summed E-state index contributed by atoms with van der Waals surface area (Å²) >= 11 is 0. The summed E-state index contributed by atoms with van der Waals surface area (Å²) in [5, 5.41) is 4.22. The Morgan fingerprint density at radius 3 is 1.29 bits per heavy atom. The van der Waals surface area contributed by atoms with Crippen LogP contribution in [0.5, 0.6) is 5.75 Å². The van der Waals surface area contributed by atoms with Crippen molar-refractivity contribution >= 4 is 23.2 Å². The third kappa shape index (κ3) is 4.89. The van der Waals surface area contributed by atoms with Crippen LogP contribution in [0.15, 0.2) is 115 Å². The molecule has 0 saturated heterocycles. The number of rotatable bonds is 6. The van der Waals surface area contributed by atoms with Gasteiger partial charge in [-0.25, -0.2) is 0 Å². The molecule has 0 N–H and O–H groups in total. The van der Waals surface area contributed by atoms with Crippen molar-refractivity contribution in [1.82, 2.24) is 0 Å². The molecule has 0 aromatic heterocycles. The van der Waals surface area contributed by atoms with E-state index in [2.05, 4.69) is 136 Å². The van der Waals surface area contributed by atoms with Gasteiger partial charge in [0.15, 0.2) is 0 Å². The molecule has 4 aromatic carbocycles. The molecule has 156 valence electrons. The summed E-state index contributed by atoms with van der Waals surface area (Å²) in [5.41, 5.74) is 1.13. The van der Waals surface area contributed by atoms with Crippen LogP contribution in [0.2, 0.25) is 0 Å². The van der Waals surface area contributed by atoms with Crippen LogP contribution >= 0.6 is 7.26 Å². The summed E-state index contributed by atoms with van der Waals surface area (Å²) in [7, 11) is -1.87. The summed E-state index contributed by atoms with van der Waals surface area (Å²) in [6.07, 6.45) is 0.973. The molecule has 0 aliphatic rings. The molecule has 0 heterocycles. The van der Waals surface area contributed by atoms with E-state index in [-0.39, 0.29) is 5.60 Å². The fraction of sp³-hybridized carbons (Fsp3) is 0.172. The number of hydrogen-bond donors (Lipinski definition) is 0. The lowest BCUT2D eigenvalue weighted by atomic mass is 10.2. The van der Waals surface area contributed by atoms with E-state index >= 15 is 0 Å². The monoisotopic (exact) mass is 425 g/mol. The highest BCUT2D eigenvalue weighted by Gasteiger charge is 2.45. The highest BCUT2D eigenvalue weighted by molar-refractivity contribution is 7.95. The van der Waals surface area contributed by atoms with Gasteiger partial charge in [0.1, 0.15) is 34.5 Å². The summed E-state index contributed by atoms with van der Waals surface area (Å²) in [4.78, 5) is 0. The van der Waals surface area contributed by atoms with Gasteiger partial charge < -0.3 is 4.74 Å². The lowest BCUT2D eigenvalue weighted by Crippen LogP contribution is -2.32. The molecule has 2 heteroatoms. The average Bonchev–Trinajstić information content (AvgIpc) is 2.79. The molecule has 0 bridgehead atoms. The number of benzene rings is 4. The molecule has 0 fully saturated rings. The van der Waals surface area contributed by atoms with Crippen LogP contribution in [-0.4, -0.2) is 5.60 Å². The standard InChI is InChI=1S/C29H30OP/c1-29(2,3)30-25-21-19-24(20-22-25)23-31(26-13-7-4-8-14-26,27-15-9-5-10-16-27)28-17-11-6-12-18-28/h4-22H,23H2,1-3H3/q+1. The quantitative estimate of drug-likeness (QED) is 0.327. The first-order valence-electron chi connectivity index (χ1n) is 10.8. The first-order valence-corrected chi connectivity index (χ1v) is 12.8. The van der Waals surface area contributed by atoms with Crippen LogP contribution in [0.25, 0.3) is 0 Å². The summed E-state index contributed by atoms with van der Waals surface area (Å²) in [6, 6.07) is 41.7. The minimum Gasteiger partial charge on any atom is -0.488 e. The molecule has 0 aliphatic carbocycles. The van der Waals surface area contributed by atoms with Gasteiger partial charge in [0.05, 0.1) is 6.16 Å². The average molecular weight is 426 g/mol. The van der Waals surface area contributed by atoms with Crippen LogP contribution < -0.4 is 20.7 Å². The van der Waals surface area contributed by atoms with E-state index in [0.29, 0.717) is 0 Å². The van der Waals surface area contributed by atoms with Crippen molar-refractivity contribution in [3.8, 4) is 5.75 Å². The fourth-order valence-corrected chi connectivity index (χ4v) is 8.30. The molecule has 0 spiro atoms. The maximum atomic E-state index is 6.05.